The molecule has 2 unspecified atom stereocenters. The van der Waals surface area contributed by atoms with Gasteiger partial charge in [0.1, 0.15) is 17.6 Å². The zero-order valence-corrected chi connectivity index (χ0v) is 20.5. The van der Waals surface area contributed by atoms with Crippen LogP contribution in [0.4, 0.5) is 4.39 Å². The smallest absolute Gasteiger partial charge is 0.181 e. The average molecular weight is 482 g/mol. The van der Waals surface area contributed by atoms with Crippen molar-refractivity contribution < 1.29 is 9.18 Å². The average Bonchev–Trinajstić information content (AvgIpc) is 3.45. The molecule has 1 aliphatic carbocycles. The fourth-order valence-electron chi connectivity index (χ4n) is 5.42. The molecule has 0 saturated heterocycles. The van der Waals surface area contributed by atoms with E-state index in [1.165, 1.54) is 12.1 Å². The lowest BCUT2D eigenvalue weighted by Crippen LogP contribution is -2.22. The number of Topliss-reactive ketones (excluding diaryl/α,β-unsaturated/α-hetero) is 1. The fourth-order valence-corrected chi connectivity index (χ4v) is 5.42. The molecule has 2 atom stereocenters. The Morgan fingerprint density at radius 1 is 1.25 bits per heavy atom. The van der Waals surface area contributed by atoms with Gasteiger partial charge in [0.25, 0.3) is 0 Å². The number of benzene rings is 2. The van der Waals surface area contributed by atoms with Crippen LogP contribution in [0.2, 0.25) is 0 Å². The lowest BCUT2D eigenvalue weighted by atomic mass is 9.81. The van der Waals surface area contributed by atoms with Gasteiger partial charge in [-0.15, -0.1) is 0 Å². The second-order valence-corrected chi connectivity index (χ2v) is 9.98. The van der Waals surface area contributed by atoms with E-state index >= 15 is 0 Å². The molecule has 36 heavy (non-hydrogen) atoms. The van der Waals surface area contributed by atoms with E-state index < -0.39 is 5.82 Å². The molecule has 5 rings (SSSR count). The molecule has 3 aromatic rings. The van der Waals surface area contributed by atoms with Gasteiger partial charge < -0.3 is 5.41 Å². The molecule has 1 saturated carbocycles. The molecular formula is C29H28FN5O. The number of halogens is 1. The van der Waals surface area contributed by atoms with E-state index in [1.54, 1.807) is 10.7 Å². The van der Waals surface area contributed by atoms with Crippen LogP contribution in [0.3, 0.4) is 0 Å². The van der Waals surface area contributed by atoms with Gasteiger partial charge in [-0.05, 0) is 85.9 Å². The lowest BCUT2D eigenvalue weighted by Gasteiger charge is -2.26. The first-order chi connectivity index (χ1) is 17.3. The number of fused-ring (bicyclic) bond motifs is 1. The van der Waals surface area contributed by atoms with E-state index in [0.717, 1.165) is 53.4 Å². The summed E-state index contributed by atoms with van der Waals surface area (Å²) < 4.78 is 16.4. The van der Waals surface area contributed by atoms with Gasteiger partial charge in [0, 0.05) is 36.7 Å². The van der Waals surface area contributed by atoms with Gasteiger partial charge in [0.15, 0.2) is 5.78 Å². The maximum absolute atomic E-state index is 14.6. The van der Waals surface area contributed by atoms with E-state index in [-0.39, 0.29) is 17.3 Å². The van der Waals surface area contributed by atoms with Crippen LogP contribution in [0.15, 0.2) is 58.9 Å². The number of hydrogen-bond acceptors (Lipinski definition) is 5. The molecule has 2 heterocycles. The Morgan fingerprint density at radius 3 is 2.81 bits per heavy atom. The molecular weight excluding hydrogens is 453 g/mol. The number of nitriles is 1. The molecule has 0 radical (unpaired) electrons. The summed E-state index contributed by atoms with van der Waals surface area (Å²) in [5.41, 5.74) is 5.26. The Bertz CT molecular complexity index is 1490. The van der Waals surface area contributed by atoms with Crippen LogP contribution in [0.1, 0.15) is 68.1 Å². The molecule has 2 aliphatic rings. The minimum atomic E-state index is -0.595. The molecule has 6 nitrogen and oxygen atoms in total. The first kappa shape index (κ1) is 23.8. The standard InChI is InChI=1S/C29H28FN5O/c1-17-11-24(19-7-9-26-22(13-19)16-35(2)34-26)29(20-5-6-21(15-31)25(30)14-20)33-28(17)27(36)10-4-18-3-8-23(32)12-18/h5-7,9,13-14,16,18,24,32H,3-4,8,10-12H2,1-2H3. The first-order valence-corrected chi connectivity index (χ1v) is 12.3. The highest BCUT2D eigenvalue weighted by atomic mass is 19.1. The Kier molecular flexibility index (Phi) is 6.36. The SMILES string of the molecule is CC1=C(C(=O)CCC2CCC(=N)C2)N=C(c2ccc(C#N)c(F)c2)C(c2ccc3nn(C)cc3c2)C1. The monoisotopic (exact) mass is 481 g/mol. The van der Waals surface area contributed by atoms with Crippen molar-refractivity contribution in [3.63, 3.8) is 0 Å². The summed E-state index contributed by atoms with van der Waals surface area (Å²) in [4.78, 5) is 18.1. The summed E-state index contributed by atoms with van der Waals surface area (Å²) in [6, 6.07) is 12.5. The molecule has 1 fully saturated rings. The third kappa shape index (κ3) is 4.64. The van der Waals surface area contributed by atoms with Gasteiger partial charge in [-0.3, -0.25) is 9.48 Å². The summed E-state index contributed by atoms with van der Waals surface area (Å²) >= 11 is 0. The lowest BCUT2D eigenvalue weighted by molar-refractivity contribution is -0.116. The molecule has 0 bridgehead atoms. The van der Waals surface area contributed by atoms with Crippen LogP contribution in [0.25, 0.3) is 10.9 Å². The van der Waals surface area contributed by atoms with Crippen LogP contribution in [-0.2, 0) is 11.8 Å². The molecule has 1 aliphatic heterocycles. The summed E-state index contributed by atoms with van der Waals surface area (Å²) in [6.07, 6.45) is 6.30. The van der Waals surface area contributed by atoms with Gasteiger partial charge in [-0.2, -0.15) is 10.4 Å². The third-order valence-corrected chi connectivity index (χ3v) is 7.34. The molecule has 1 N–H and O–H groups in total. The Hall–Kier alpha value is -3.92. The van der Waals surface area contributed by atoms with E-state index in [4.69, 9.17) is 10.4 Å². The van der Waals surface area contributed by atoms with Crippen molar-refractivity contribution in [1.82, 2.24) is 9.78 Å². The van der Waals surface area contributed by atoms with E-state index in [1.807, 2.05) is 38.4 Å². The van der Waals surface area contributed by atoms with Gasteiger partial charge >= 0.3 is 0 Å². The maximum Gasteiger partial charge on any atom is 0.181 e. The maximum atomic E-state index is 14.6. The first-order valence-electron chi connectivity index (χ1n) is 12.3. The van der Waals surface area contributed by atoms with Gasteiger partial charge in [0.2, 0.25) is 0 Å². The number of aliphatic imine (C=N–C) groups is 1. The number of rotatable bonds is 6. The number of aromatic nitrogens is 2. The number of carbonyl (C=O) groups excluding carboxylic acids is 1. The van der Waals surface area contributed by atoms with Crippen LogP contribution in [-0.4, -0.2) is 27.0 Å². The largest absolute Gasteiger partial charge is 0.310 e. The number of nitrogens with one attached hydrogen (secondary N) is 1. The molecule has 0 amide bonds. The van der Waals surface area contributed by atoms with Crippen molar-refractivity contribution in [3.05, 3.63) is 76.4 Å². The summed E-state index contributed by atoms with van der Waals surface area (Å²) in [6.45, 7) is 1.95. The van der Waals surface area contributed by atoms with Crippen molar-refractivity contribution in [2.45, 2.75) is 51.4 Å². The minimum Gasteiger partial charge on any atom is -0.310 e. The Balaban J connectivity index is 1.51. The molecule has 182 valence electrons. The second kappa shape index (κ2) is 9.62. The highest BCUT2D eigenvalue weighted by molar-refractivity contribution is 6.10. The molecule has 7 heteroatoms. The van der Waals surface area contributed by atoms with Crippen LogP contribution in [0.5, 0.6) is 0 Å². The van der Waals surface area contributed by atoms with Crippen molar-refractivity contribution >= 4 is 28.1 Å². The van der Waals surface area contributed by atoms with Gasteiger partial charge in [-0.1, -0.05) is 12.1 Å². The van der Waals surface area contributed by atoms with Crippen LogP contribution < -0.4 is 0 Å². The molecule has 1 aromatic heterocycles. The zero-order chi connectivity index (χ0) is 25.4. The number of carbonyl (C=O) groups is 1. The predicted octanol–water partition coefficient (Wildman–Crippen LogP) is 6.00. The number of allylic oxidation sites excluding steroid dienone is 2. The Morgan fingerprint density at radius 2 is 2.08 bits per heavy atom. The zero-order valence-electron chi connectivity index (χ0n) is 20.5. The summed E-state index contributed by atoms with van der Waals surface area (Å²) in [7, 11) is 1.88. The van der Waals surface area contributed by atoms with Gasteiger partial charge in [0.05, 0.1) is 16.8 Å². The number of nitrogens with zero attached hydrogens (tertiary/aromatic N) is 4. The van der Waals surface area contributed by atoms with Crippen molar-refractivity contribution in [2.24, 2.45) is 18.0 Å². The normalized spacial score (nSPS) is 20.1. The predicted molar refractivity (Wildman–Crippen MR) is 138 cm³/mol. The van der Waals surface area contributed by atoms with Crippen molar-refractivity contribution in [2.75, 3.05) is 0 Å². The highest BCUT2D eigenvalue weighted by Gasteiger charge is 2.30. The van der Waals surface area contributed by atoms with Crippen LogP contribution >= 0.6 is 0 Å². The highest BCUT2D eigenvalue weighted by Crippen LogP contribution is 2.37. The topological polar surface area (TPSA) is 94.9 Å². The third-order valence-electron chi connectivity index (χ3n) is 7.34. The van der Waals surface area contributed by atoms with E-state index in [0.29, 0.717) is 35.7 Å². The van der Waals surface area contributed by atoms with Crippen molar-refractivity contribution in [1.29, 1.82) is 10.7 Å². The van der Waals surface area contributed by atoms with E-state index in [9.17, 15) is 14.4 Å². The molecule has 2 aromatic carbocycles. The summed E-state index contributed by atoms with van der Waals surface area (Å²) in [5, 5.41) is 22.5. The minimum absolute atomic E-state index is 0.00120. The quantitative estimate of drug-likeness (QED) is 0.467. The second-order valence-electron chi connectivity index (χ2n) is 9.98. The van der Waals surface area contributed by atoms with Gasteiger partial charge in [-0.25, -0.2) is 9.38 Å². The Labute approximate surface area is 209 Å². The van der Waals surface area contributed by atoms with Crippen molar-refractivity contribution in [3.8, 4) is 6.07 Å². The number of aryl methyl sites for hydroxylation is 1. The molecule has 0 spiro atoms. The number of ketones is 1. The fraction of sp³-hybridized carbons (Fsp3) is 0.345. The summed E-state index contributed by atoms with van der Waals surface area (Å²) in [5.74, 6) is -0.365. The number of hydrogen-bond donors (Lipinski definition) is 1. The van der Waals surface area contributed by atoms with Crippen LogP contribution in [0, 0.1) is 28.5 Å². The van der Waals surface area contributed by atoms with E-state index in [2.05, 4.69) is 11.2 Å².